The number of carbonyl (C=O) groups is 1. The standard InChI is InChI=1S/C14H12Cl2O2S/c1-3-8-4-5-13(19-8)14(17)9-6-11(16)12(18-2)7-10(9)15/h4-7H,3H2,1-2H3. The summed E-state index contributed by atoms with van der Waals surface area (Å²) in [5.41, 5.74) is 0.400. The summed E-state index contributed by atoms with van der Waals surface area (Å²) in [7, 11) is 1.51. The van der Waals surface area contributed by atoms with Crippen LogP contribution in [0, 0.1) is 0 Å². The molecule has 19 heavy (non-hydrogen) atoms. The summed E-state index contributed by atoms with van der Waals surface area (Å²) in [6.45, 7) is 2.05. The second-order valence-corrected chi connectivity index (χ2v) is 5.90. The molecule has 0 unspecified atom stereocenters. The van der Waals surface area contributed by atoms with Gasteiger partial charge in [0.05, 0.1) is 22.0 Å². The number of hydrogen-bond acceptors (Lipinski definition) is 3. The Balaban J connectivity index is 2.41. The number of rotatable bonds is 4. The number of methoxy groups -OCH3 is 1. The molecule has 0 atom stereocenters. The number of ketones is 1. The summed E-state index contributed by atoms with van der Waals surface area (Å²) >= 11 is 13.6. The number of carbonyl (C=O) groups excluding carboxylic acids is 1. The Labute approximate surface area is 125 Å². The SMILES string of the molecule is CCc1ccc(C(=O)c2cc(Cl)c(OC)cc2Cl)s1. The number of aryl methyl sites for hydroxylation is 1. The molecular weight excluding hydrogens is 303 g/mol. The lowest BCUT2D eigenvalue weighted by Gasteiger charge is -2.07. The molecule has 100 valence electrons. The molecule has 0 bridgehead atoms. The largest absolute Gasteiger partial charge is 0.495 e. The fourth-order valence-electron chi connectivity index (χ4n) is 1.68. The second kappa shape index (κ2) is 5.95. The smallest absolute Gasteiger partial charge is 0.204 e. The maximum Gasteiger partial charge on any atom is 0.204 e. The molecule has 5 heteroatoms. The molecule has 0 aliphatic heterocycles. The van der Waals surface area contributed by atoms with E-state index >= 15 is 0 Å². The van der Waals surface area contributed by atoms with Gasteiger partial charge in [-0.05, 0) is 24.6 Å². The molecule has 1 aromatic carbocycles. The van der Waals surface area contributed by atoms with Gasteiger partial charge in [-0.3, -0.25) is 4.79 Å². The highest BCUT2D eigenvalue weighted by atomic mass is 35.5. The Kier molecular flexibility index (Phi) is 4.50. The van der Waals surface area contributed by atoms with Crippen molar-refractivity contribution in [3.8, 4) is 5.75 Å². The van der Waals surface area contributed by atoms with E-state index in [-0.39, 0.29) is 5.78 Å². The molecule has 2 aromatic rings. The lowest BCUT2D eigenvalue weighted by Crippen LogP contribution is -2.00. The van der Waals surface area contributed by atoms with Crippen molar-refractivity contribution < 1.29 is 9.53 Å². The van der Waals surface area contributed by atoms with Gasteiger partial charge in [-0.2, -0.15) is 0 Å². The Hall–Kier alpha value is -1.03. The minimum Gasteiger partial charge on any atom is -0.495 e. The predicted octanol–water partition coefficient (Wildman–Crippen LogP) is 4.86. The first-order valence-corrected chi connectivity index (χ1v) is 7.30. The summed E-state index contributed by atoms with van der Waals surface area (Å²) in [5.74, 6) is 0.350. The van der Waals surface area contributed by atoms with E-state index in [0.29, 0.717) is 26.2 Å². The summed E-state index contributed by atoms with van der Waals surface area (Å²) in [5, 5.41) is 0.722. The van der Waals surface area contributed by atoms with Crippen LogP contribution in [0.3, 0.4) is 0 Å². The van der Waals surface area contributed by atoms with Gasteiger partial charge >= 0.3 is 0 Å². The van der Waals surface area contributed by atoms with Crippen LogP contribution >= 0.6 is 34.5 Å². The van der Waals surface area contributed by atoms with Crippen molar-refractivity contribution in [1.82, 2.24) is 0 Å². The highest BCUT2D eigenvalue weighted by molar-refractivity contribution is 7.14. The first-order chi connectivity index (χ1) is 9.06. The molecule has 2 rings (SSSR count). The fourth-order valence-corrected chi connectivity index (χ4v) is 3.06. The first-order valence-electron chi connectivity index (χ1n) is 5.73. The van der Waals surface area contributed by atoms with Gasteiger partial charge in [0.1, 0.15) is 5.75 Å². The molecule has 1 aromatic heterocycles. The Bertz CT molecular complexity index is 620. The van der Waals surface area contributed by atoms with Crippen molar-refractivity contribution in [2.24, 2.45) is 0 Å². The average molecular weight is 315 g/mol. The number of ether oxygens (including phenoxy) is 1. The number of hydrogen-bond donors (Lipinski definition) is 0. The molecule has 0 N–H and O–H groups in total. The molecule has 0 aliphatic rings. The Morgan fingerprint density at radius 3 is 2.58 bits per heavy atom. The molecule has 0 saturated heterocycles. The third-order valence-corrected chi connectivity index (χ3v) is 4.56. The second-order valence-electron chi connectivity index (χ2n) is 3.92. The molecule has 0 spiro atoms. The zero-order valence-corrected chi connectivity index (χ0v) is 12.8. The molecular formula is C14H12Cl2O2S. The van der Waals surface area contributed by atoms with E-state index in [4.69, 9.17) is 27.9 Å². The first kappa shape index (κ1) is 14.4. The summed E-state index contributed by atoms with van der Waals surface area (Å²) in [6.07, 6.45) is 0.912. The van der Waals surface area contributed by atoms with Crippen molar-refractivity contribution >= 4 is 40.3 Å². The molecule has 0 aliphatic carbocycles. The van der Waals surface area contributed by atoms with Crippen LogP contribution in [0.25, 0.3) is 0 Å². The van der Waals surface area contributed by atoms with Crippen molar-refractivity contribution in [3.63, 3.8) is 0 Å². The summed E-state index contributed by atoms with van der Waals surface area (Å²) < 4.78 is 5.06. The van der Waals surface area contributed by atoms with Gasteiger partial charge in [0, 0.05) is 16.5 Å². The lowest BCUT2D eigenvalue weighted by atomic mass is 10.1. The molecule has 0 fully saturated rings. The van der Waals surface area contributed by atoms with Crippen LogP contribution in [0.5, 0.6) is 5.75 Å². The van der Waals surface area contributed by atoms with Gasteiger partial charge in [-0.1, -0.05) is 30.1 Å². The molecule has 0 amide bonds. The van der Waals surface area contributed by atoms with Crippen molar-refractivity contribution in [3.05, 3.63) is 49.6 Å². The van der Waals surface area contributed by atoms with E-state index in [1.807, 2.05) is 12.1 Å². The van der Waals surface area contributed by atoms with E-state index in [2.05, 4.69) is 6.92 Å². The summed E-state index contributed by atoms with van der Waals surface area (Å²) in [6, 6.07) is 6.89. The number of benzene rings is 1. The third kappa shape index (κ3) is 2.94. The molecule has 1 heterocycles. The quantitative estimate of drug-likeness (QED) is 0.753. The van der Waals surface area contributed by atoms with Crippen LogP contribution in [-0.2, 0) is 6.42 Å². The predicted molar refractivity (Wildman–Crippen MR) is 80.1 cm³/mol. The fraction of sp³-hybridized carbons (Fsp3) is 0.214. The molecule has 2 nitrogen and oxygen atoms in total. The van der Waals surface area contributed by atoms with Crippen LogP contribution in [-0.4, -0.2) is 12.9 Å². The summed E-state index contributed by atoms with van der Waals surface area (Å²) in [4.78, 5) is 14.2. The van der Waals surface area contributed by atoms with Gasteiger partial charge < -0.3 is 4.74 Å². The number of thiophene rings is 1. The van der Waals surface area contributed by atoms with E-state index in [9.17, 15) is 4.79 Å². The van der Waals surface area contributed by atoms with E-state index in [1.165, 1.54) is 23.3 Å². The van der Waals surface area contributed by atoms with Gasteiger partial charge in [-0.15, -0.1) is 11.3 Å². The minimum atomic E-state index is -0.112. The van der Waals surface area contributed by atoms with Gasteiger partial charge in [0.25, 0.3) is 0 Å². The van der Waals surface area contributed by atoms with Crippen molar-refractivity contribution in [2.45, 2.75) is 13.3 Å². The zero-order chi connectivity index (χ0) is 14.0. The maximum absolute atomic E-state index is 12.4. The topological polar surface area (TPSA) is 26.3 Å². The van der Waals surface area contributed by atoms with Crippen LogP contribution in [0.2, 0.25) is 10.0 Å². The van der Waals surface area contributed by atoms with Crippen LogP contribution in [0.4, 0.5) is 0 Å². The Morgan fingerprint density at radius 1 is 1.26 bits per heavy atom. The average Bonchev–Trinajstić information content (AvgIpc) is 2.89. The van der Waals surface area contributed by atoms with Gasteiger partial charge in [-0.25, -0.2) is 0 Å². The maximum atomic E-state index is 12.4. The van der Waals surface area contributed by atoms with E-state index < -0.39 is 0 Å². The number of halogens is 2. The monoisotopic (exact) mass is 314 g/mol. The van der Waals surface area contributed by atoms with Gasteiger partial charge in [0.2, 0.25) is 5.78 Å². The van der Waals surface area contributed by atoms with Crippen LogP contribution in [0.15, 0.2) is 24.3 Å². The van der Waals surface area contributed by atoms with Crippen LogP contribution < -0.4 is 4.74 Å². The Morgan fingerprint density at radius 2 is 2.00 bits per heavy atom. The zero-order valence-electron chi connectivity index (χ0n) is 10.5. The van der Waals surface area contributed by atoms with Crippen LogP contribution in [0.1, 0.15) is 27.0 Å². The highest BCUT2D eigenvalue weighted by Crippen LogP contribution is 2.33. The van der Waals surface area contributed by atoms with E-state index in [1.54, 1.807) is 12.1 Å². The minimum absolute atomic E-state index is 0.112. The molecule has 0 radical (unpaired) electrons. The third-order valence-electron chi connectivity index (χ3n) is 2.72. The highest BCUT2D eigenvalue weighted by Gasteiger charge is 2.17. The normalized spacial score (nSPS) is 10.5. The van der Waals surface area contributed by atoms with Gasteiger partial charge in [0.15, 0.2) is 0 Å². The van der Waals surface area contributed by atoms with Crippen molar-refractivity contribution in [1.29, 1.82) is 0 Å². The van der Waals surface area contributed by atoms with Crippen molar-refractivity contribution in [2.75, 3.05) is 7.11 Å². The van der Waals surface area contributed by atoms with E-state index in [0.717, 1.165) is 6.42 Å². The lowest BCUT2D eigenvalue weighted by molar-refractivity contribution is 0.104. The molecule has 0 saturated carbocycles.